The lowest BCUT2D eigenvalue weighted by Gasteiger charge is -2.31. The molecule has 0 bridgehead atoms. The summed E-state index contributed by atoms with van der Waals surface area (Å²) in [7, 11) is 1.84. The van der Waals surface area contributed by atoms with Crippen molar-refractivity contribution in [2.45, 2.75) is 64.5 Å². The molecule has 2 aliphatic rings. The monoisotopic (exact) mass is 343 g/mol. The van der Waals surface area contributed by atoms with E-state index in [1.807, 2.05) is 13.2 Å². The predicted molar refractivity (Wildman–Crippen MR) is 105 cm³/mol. The molecule has 2 fully saturated rings. The van der Waals surface area contributed by atoms with E-state index in [2.05, 4.69) is 44.6 Å². The molecule has 5 heteroatoms. The number of nitrogens with one attached hydrogen (secondary N) is 2. The molecule has 0 amide bonds. The van der Waals surface area contributed by atoms with Crippen molar-refractivity contribution < 1.29 is 0 Å². The zero-order chi connectivity index (χ0) is 17.5. The number of nitrogens with zero attached hydrogens (tertiary/aromatic N) is 3. The van der Waals surface area contributed by atoms with Gasteiger partial charge in [-0.1, -0.05) is 32.3 Å². The molecular weight excluding hydrogens is 310 g/mol. The predicted octanol–water partition coefficient (Wildman–Crippen LogP) is 3.32. The van der Waals surface area contributed by atoms with Crippen LogP contribution in [0.1, 0.15) is 57.4 Å². The summed E-state index contributed by atoms with van der Waals surface area (Å²) in [5.41, 5.74) is 1.20. The second kappa shape index (κ2) is 9.07. The number of guanidine groups is 1. The Morgan fingerprint density at radius 1 is 1.16 bits per heavy atom. The molecular formula is C20H33N5. The van der Waals surface area contributed by atoms with E-state index >= 15 is 0 Å². The Bertz CT molecular complexity index is 540. The summed E-state index contributed by atoms with van der Waals surface area (Å²) >= 11 is 0. The van der Waals surface area contributed by atoms with Crippen molar-refractivity contribution in [1.82, 2.24) is 15.6 Å². The molecule has 5 nitrogen and oxygen atoms in total. The third-order valence-electron chi connectivity index (χ3n) is 5.55. The van der Waals surface area contributed by atoms with E-state index < -0.39 is 0 Å². The lowest BCUT2D eigenvalue weighted by Crippen LogP contribution is -2.43. The first-order valence-electron chi connectivity index (χ1n) is 9.91. The van der Waals surface area contributed by atoms with Crippen LogP contribution in [-0.4, -0.2) is 37.1 Å². The lowest BCUT2D eigenvalue weighted by atomic mass is 9.96. The van der Waals surface area contributed by atoms with Crippen LogP contribution < -0.4 is 15.5 Å². The fraction of sp³-hybridized carbons (Fsp3) is 0.700. The minimum atomic E-state index is 0.571. The van der Waals surface area contributed by atoms with Gasteiger partial charge in [-0.05, 0) is 43.2 Å². The van der Waals surface area contributed by atoms with Gasteiger partial charge in [-0.15, -0.1) is 0 Å². The van der Waals surface area contributed by atoms with Gasteiger partial charge in [0.05, 0.1) is 0 Å². The van der Waals surface area contributed by atoms with Crippen LogP contribution in [0.4, 0.5) is 5.82 Å². The van der Waals surface area contributed by atoms with Crippen molar-refractivity contribution in [3.8, 4) is 0 Å². The molecule has 1 aliphatic heterocycles. The van der Waals surface area contributed by atoms with Crippen LogP contribution in [-0.2, 0) is 6.54 Å². The van der Waals surface area contributed by atoms with Crippen LogP contribution in [0.2, 0.25) is 0 Å². The molecule has 2 heterocycles. The van der Waals surface area contributed by atoms with E-state index in [9.17, 15) is 0 Å². The Kier molecular flexibility index (Phi) is 6.54. The van der Waals surface area contributed by atoms with Crippen LogP contribution in [0.25, 0.3) is 0 Å². The first-order valence-corrected chi connectivity index (χ1v) is 9.91. The molecule has 2 N–H and O–H groups in total. The van der Waals surface area contributed by atoms with Gasteiger partial charge in [0.2, 0.25) is 0 Å². The lowest BCUT2D eigenvalue weighted by molar-refractivity contribution is 0.410. The molecule has 0 spiro atoms. The van der Waals surface area contributed by atoms with Crippen LogP contribution in [0.5, 0.6) is 0 Å². The zero-order valence-corrected chi connectivity index (χ0v) is 15.8. The summed E-state index contributed by atoms with van der Waals surface area (Å²) in [6.07, 6.45) is 11.1. The quantitative estimate of drug-likeness (QED) is 0.650. The number of aliphatic imine (C=N–C) groups is 1. The van der Waals surface area contributed by atoms with Crippen molar-refractivity contribution in [3.63, 3.8) is 0 Å². The van der Waals surface area contributed by atoms with Gasteiger partial charge in [0, 0.05) is 38.9 Å². The number of hydrogen-bond acceptors (Lipinski definition) is 3. The summed E-state index contributed by atoms with van der Waals surface area (Å²) in [4.78, 5) is 11.4. The van der Waals surface area contributed by atoms with Gasteiger partial charge in [-0.2, -0.15) is 0 Å². The average molecular weight is 344 g/mol. The van der Waals surface area contributed by atoms with E-state index in [0.717, 1.165) is 37.3 Å². The summed E-state index contributed by atoms with van der Waals surface area (Å²) in [5.74, 6) is 2.87. The standard InChI is InChI=1S/C20H33N5/c1-16-10-12-25(13-11-16)19-9-8-17(14-22-19)15-23-20(21-2)24-18-6-4-3-5-7-18/h8-9,14,16,18H,3-7,10-13,15H2,1-2H3,(H2,21,23,24). The van der Waals surface area contributed by atoms with Crippen LogP contribution >= 0.6 is 0 Å². The molecule has 1 aromatic heterocycles. The van der Waals surface area contributed by atoms with Gasteiger partial charge in [-0.25, -0.2) is 4.98 Å². The van der Waals surface area contributed by atoms with Crippen molar-refractivity contribution in [3.05, 3.63) is 23.9 Å². The molecule has 0 atom stereocenters. The van der Waals surface area contributed by atoms with Crippen LogP contribution in [0.3, 0.4) is 0 Å². The van der Waals surface area contributed by atoms with E-state index in [0.29, 0.717) is 6.04 Å². The van der Waals surface area contributed by atoms with Gasteiger partial charge in [0.1, 0.15) is 5.82 Å². The minimum Gasteiger partial charge on any atom is -0.357 e. The van der Waals surface area contributed by atoms with Crippen molar-refractivity contribution >= 4 is 11.8 Å². The number of hydrogen-bond donors (Lipinski definition) is 2. The first kappa shape index (κ1) is 18.0. The van der Waals surface area contributed by atoms with Gasteiger partial charge in [0.15, 0.2) is 5.96 Å². The topological polar surface area (TPSA) is 52.6 Å². The van der Waals surface area contributed by atoms with Gasteiger partial charge >= 0.3 is 0 Å². The molecule has 3 rings (SSSR count). The molecule has 25 heavy (non-hydrogen) atoms. The number of anilines is 1. The maximum absolute atomic E-state index is 4.67. The second-order valence-corrected chi connectivity index (χ2v) is 7.60. The van der Waals surface area contributed by atoms with Crippen LogP contribution in [0.15, 0.2) is 23.3 Å². The highest BCUT2D eigenvalue weighted by molar-refractivity contribution is 5.79. The highest BCUT2D eigenvalue weighted by Gasteiger charge is 2.17. The maximum atomic E-state index is 4.67. The number of piperidine rings is 1. The second-order valence-electron chi connectivity index (χ2n) is 7.60. The fourth-order valence-electron chi connectivity index (χ4n) is 3.77. The van der Waals surface area contributed by atoms with Gasteiger partial charge in [0.25, 0.3) is 0 Å². The third kappa shape index (κ3) is 5.35. The van der Waals surface area contributed by atoms with Crippen molar-refractivity contribution in [2.75, 3.05) is 25.0 Å². The SMILES string of the molecule is CN=C(NCc1ccc(N2CCC(C)CC2)nc1)NC1CCCCC1. The molecule has 0 unspecified atom stereocenters. The zero-order valence-electron chi connectivity index (χ0n) is 15.8. The number of aromatic nitrogens is 1. The average Bonchev–Trinajstić information content (AvgIpc) is 2.67. The number of rotatable bonds is 4. The van der Waals surface area contributed by atoms with Gasteiger partial charge in [-0.3, -0.25) is 4.99 Å². The Morgan fingerprint density at radius 3 is 2.56 bits per heavy atom. The van der Waals surface area contributed by atoms with E-state index in [-0.39, 0.29) is 0 Å². The highest BCUT2D eigenvalue weighted by atomic mass is 15.2. The number of pyridine rings is 1. The van der Waals surface area contributed by atoms with E-state index in [1.165, 1.54) is 50.5 Å². The maximum Gasteiger partial charge on any atom is 0.191 e. The summed E-state index contributed by atoms with van der Waals surface area (Å²) in [6.45, 7) is 5.36. The summed E-state index contributed by atoms with van der Waals surface area (Å²) in [5, 5.41) is 6.98. The van der Waals surface area contributed by atoms with E-state index in [1.54, 1.807) is 0 Å². The smallest absolute Gasteiger partial charge is 0.191 e. The Balaban J connectivity index is 1.47. The molecule has 0 aromatic carbocycles. The Labute approximate surface area is 152 Å². The third-order valence-corrected chi connectivity index (χ3v) is 5.55. The summed E-state index contributed by atoms with van der Waals surface area (Å²) in [6, 6.07) is 4.91. The molecule has 0 radical (unpaired) electrons. The van der Waals surface area contributed by atoms with Crippen molar-refractivity contribution in [2.24, 2.45) is 10.9 Å². The highest BCUT2D eigenvalue weighted by Crippen LogP contribution is 2.21. The summed E-state index contributed by atoms with van der Waals surface area (Å²) < 4.78 is 0. The van der Waals surface area contributed by atoms with E-state index in [4.69, 9.17) is 0 Å². The Hall–Kier alpha value is -1.78. The largest absolute Gasteiger partial charge is 0.357 e. The molecule has 1 aliphatic carbocycles. The minimum absolute atomic E-state index is 0.571. The normalized spacial score (nSPS) is 20.6. The first-order chi connectivity index (χ1) is 12.2. The Morgan fingerprint density at radius 2 is 1.92 bits per heavy atom. The van der Waals surface area contributed by atoms with Crippen molar-refractivity contribution in [1.29, 1.82) is 0 Å². The van der Waals surface area contributed by atoms with Crippen LogP contribution in [0, 0.1) is 5.92 Å². The molecule has 1 saturated heterocycles. The molecule has 1 aromatic rings. The molecule has 1 saturated carbocycles. The molecule has 138 valence electrons. The van der Waals surface area contributed by atoms with Gasteiger partial charge < -0.3 is 15.5 Å². The fourth-order valence-corrected chi connectivity index (χ4v) is 3.77.